The van der Waals surface area contributed by atoms with Gasteiger partial charge in [0, 0.05) is 0 Å². The van der Waals surface area contributed by atoms with Crippen LogP contribution in [0.3, 0.4) is 0 Å². The van der Waals surface area contributed by atoms with Gasteiger partial charge in [0.05, 0.1) is 0 Å². The molecule has 104 valence electrons. The van der Waals surface area contributed by atoms with Crippen LogP contribution in [0.25, 0.3) is 0 Å². The van der Waals surface area contributed by atoms with Crippen molar-refractivity contribution in [3.63, 3.8) is 0 Å². The average Bonchev–Trinajstić information content (AvgIpc) is 2.52. The summed E-state index contributed by atoms with van der Waals surface area (Å²) in [5.41, 5.74) is 0.867. The van der Waals surface area contributed by atoms with Crippen molar-refractivity contribution in [2.75, 3.05) is 0 Å². The van der Waals surface area contributed by atoms with Crippen LogP contribution >= 0.6 is 7.92 Å². The van der Waals surface area contributed by atoms with Gasteiger partial charge in [-0.3, -0.25) is 0 Å². The third-order valence-corrected chi connectivity index (χ3v) is 7.37. The Labute approximate surface area is 124 Å². The third-order valence-electron chi connectivity index (χ3n) is 4.42. The van der Waals surface area contributed by atoms with Crippen LogP contribution in [-0.4, -0.2) is 5.66 Å². The number of hydrogen-bond acceptors (Lipinski definition) is 0. The maximum atomic E-state index is 2.41. The van der Waals surface area contributed by atoms with Gasteiger partial charge in [0.15, 0.2) is 0 Å². The zero-order chi connectivity index (χ0) is 13.8. The quantitative estimate of drug-likeness (QED) is 0.716. The fraction of sp³-hybridized carbons (Fsp3) is 0.368. The molecule has 0 N–H and O–H groups in total. The first kappa shape index (κ1) is 13.8. The van der Waals surface area contributed by atoms with Gasteiger partial charge in [0.2, 0.25) is 0 Å². The summed E-state index contributed by atoms with van der Waals surface area (Å²) in [7, 11) is -0.188. The van der Waals surface area contributed by atoms with E-state index in [0.29, 0.717) is 0 Å². The van der Waals surface area contributed by atoms with Gasteiger partial charge < -0.3 is 0 Å². The summed E-state index contributed by atoms with van der Waals surface area (Å²) in [6.45, 7) is 2.41. The molecule has 1 saturated carbocycles. The van der Waals surface area contributed by atoms with Crippen molar-refractivity contribution in [1.82, 2.24) is 0 Å². The number of hydrogen-bond donors (Lipinski definition) is 0. The molecule has 0 heterocycles. The van der Waals surface area contributed by atoms with E-state index in [1.54, 1.807) is 10.6 Å². The van der Waals surface area contributed by atoms with Crippen LogP contribution in [0.2, 0.25) is 0 Å². The summed E-state index contributed by atoms with van der Waals surface area (Å²) >= 11 is 0. The molecule has 1 aliphatic rings. The van der Waals surface area contributed by atoms with Crippen LogP contribution in [-0.2, 0) is 0 Å². The van der Waals surface area contributed by atoms with Crippen molar-refractivity contribution >= 4 is 18.5 Å². The topological polar surface area (TPSA) is 0 Å². The smallest absolute Gasteiger partial charge is 0.0129 e. The van der Waals surface area contributed by atoms with Crippen LogP contribution in [0.4, 0.5) is 0 Å². The Bertz CT molecular complexity index is 472. The molecule has 0 atom stereocenters. The van der Waals surface area contributed by atoms with Crippen molar-refractivity contribution < 1.29 is 0 Å². The predicted molar refractivity (Wildman–Crippen MR) is 90.5 cm³/mol. The fourth-order valence-corrected chi connectivity index (χ4v) is 6.19. The molecule has 0 unspecified atom stereocenters. The second-order valence-electron chi connectivity index (χ2n) is 5.95. The summed E-state index contributed by atoms with van der Waals surface area (Å²) < 4.78 is 0. The van der Waals surface area contributed by atoms with E-state index in [1.165, 1.54) is 25.7 Å². The minimum absolute atomic E-state index is 0.188. The molecule has 0 spiro atoms. The average molecular weight is 282 g/mol. The summed E-state index contributed by atoms with van der Waals surface area (Å²) in [5.74, 6) is 0.926. The monoisotopic (exact) mass is 282 g/mol. The molecule has 2 aromatic carbocycles. The van der Waals surface area contributed by atoms with Gasteiger partial charge in [-0.15, -0.1) is 0 Å². The van der Waals surface area contributed by atoms with Crippen molar-refractivity contribution in [2.45, 2.75) is 38.3 Å². The van der Waals surface area contributed by atoms with E-state index in [9.17, 15) is 0 Å². The Morgan fingerprint density at radius 3 is 1.60 bits per heavy atom. The number of benzene rings is 2. The lowest BCUT2D eigenvalue weighted by molar-refractivity contribution is 0.391. The lowest BCUT2D eigenvalue weighted by Gasteiger charge is -2.33. The fourth-order valence-electron chi connectivity index (χ4n) is 3.25. The highest BCUT2D eigenvalue weighted by Gasteiger charge is 2.27. The molecule has 3 rings (SSSR count). The first-order valence-electron chi connectivity index (χ1n) is 7.74. The molecule has 0 nitrogen and oxygen atoms in total. The maximum absolute atomic E-state index is 2.41. The van der Waals surface area contributed by atoms with Gasteiger partial charge in [-0.25, -0.2) is 0 Å². The van der Waals surface area contributed by atoms with Gasteiger partial charge in [-0.05, 0) is 42.9 Å². The highest BCUT2D eigenvalue weighted by atomic mass is 31.1. The Morgan fingerprint density at radius 2 is 1.15 bits per heavy atom. The van der Waals surface area contributed by atoms with E-state index in [0.717, 1.165) is 11.6 Å². The molecular formula is C19H23P. The van der Waals surface area contributed by atoms with Crippen molar-refractivity contribution in [3.05, 3.63) is 60.7 Å². The largest absolute Gasteiger partial charge is 0.0625 e. The van der Waals surface area contributed by atoms with Crippen molar-refractivity contribution in [1.29, 1.82) is 0 Å². The lowest BCUT2D eigenvalue weighted by atomic mass is 9.91. The normalized spacial score (nSPS) is 22.9. The third kappa shape index (κ3) is 3.13. The zero-order valence-corrected chi connectivity index (χ0v) is 13.1. The molecule has 0 amide bonds. The van der Waals surface area contributed by atoms with Crippen molar-refractivity contribution in [2.24, 2.45) is 5.92 Å². The highest BCUT2D eigenvalue weighted by molar-refractivity contribution is 7.73. The first-order valence-corrected chi connectivity index (χ1v) is 9.15. The second-order valence-corrected chi connectivity index (χ2v) is 8.46. The second kappa shape index (κ2) is 6.55. The van der Waals surface area contributed by atoms with Gasteiger partial charge in [-0.2, -0.15) is 0 Å². The molecule has 1 aliphatic carbocycles. The minimum atomic E-state index is -0.188. The molecule has 1 heteroatoms. The molecule has 20 heavy (non-hydrogen) atoms. The molecule has 2 aromatic rings. The van der Waals surface area contributed by atoms with E-state index in [1.807, 2.05) is 0 Å². The Kier molecular flexibility index (Phi) is 4.53. The van der Waals surface area contributed by atoms with Gasteiger partial charge in [0.25, 0.3) is 0 Å². The Balaban J connectivity index is 1.92. The van der Waals surface area contributed by atoms with E-state index >= 15 is 0 Å². The molecular weight excluding hydrogens is 259 g/mol. The summed E-state index contributed by atoms with van der Waals surface area (Å²) in [5, 5.41) is 3.10. The first-order chi connectivity index (χ1) is 9.84. The van der Waals surface area contributed by atoms with Crippen LogP contribution in [0, 0.1) is 5.92 Å². The zero-order valence-electron chi connectivity index (χ0n) is 12.2. The van der Waals surface area contributed by atoms with Crippen LogP contribution in [0.5, 0.6) is 0 Å². The molecule has 0 aromatic heterocycles. The molecule has 0 radical (unpaired) electrons. The predicted octanol–water partition coefficient (Wildman–Crippen LogP) is 4.70. The summed E-state index contributed by atoms with van der Waals surface area (Å²) in [4.78, 5) is 0. The standard InChI is InChI=1S/C19H23P/c1-16-12-14-19(15-13-16)20(17-8-4-2-5-9-17)18-10-6-3-7-11-18/h2-11,16,19H,12-15H2,1H3. The molecule has 0 saturated heterocycles. The van der Waals surface area contributed by atoms with Crippen molar-refractivity contribution in [3.8, 4) is 0 Å². The van der Waals surface area contributed by atoms with Crippen LogP contribution in [0.15, 0.2) is 60.7 Å². The van der Waals surface area contributed by atoms with Crippen LogP contribution < -0.4 is 10.6 Å². The summed E-state index contributed by atoms with van der Waals surface area (Å²) in [6, 6.07) is 22.4. The molecule has 0 bridgehead atoms. The minimum Gasteiger partial charge on any atom is -0.0625 e. The molecule has 0 aliphatic heterocycles. The lowest BCUT2D eigenvalue weighted by Crippen LogP contribution is -2.25. The maximum Gasteiger partial charge on any atom is -0.0129 e. The Hall–Kier alpha value is -1.13. The highest BCUT2D eigenvalue weighted by Crippen LogP contribution is 2.47. The summed E-state index contributed by atoms with van der Waals surface area (Å²) in [6.07, 6.45) is 5.61. The SMILES string of the molecule is CC1CCC(P(c2ccccc2)c2ccccc2)CC1. The Morgan fingerprint density at radius 1 is 0.700 bits per heavy atom. The van der Waals surface area contributed by atoms with Crippen LogP contribution in [0.1, 0.15) is 32.6 Å². The van der Waals surface area contributed by atoms with Gasteiger partial charge in [0.1, 0.15) is 0 Å². The van der Waals surface area contributed by atoms with Gasteiger partial charge in [-0.1, -0.05) is 80.4 Å². The molecule has 1 fully saturated rings. The van der Waals surface area contributed by atoms with E-state index in [4.69, 9.17) is 0 Å². The number of rotatable bonds is 3. The van der Waals surface area contributed by atoms with E-state index in [2.05, 4.69) is 67.6 Å². The van der Waals surface area contributed by atoms with Gasteiger partial charge >= 0.3 is 0 Å². The van der Waals surface area contributed by atoms with E-state index < -0.39 is 0 Å². The van der Waals surface area contributed by atoms with E-state index in [-0.39, 0.29) is 7.92 Å².